The number of morpholine rings is 1. The van der Waals surface area contributed by atoms with E-state index in [1.165, 1.54) is 0 Å². The van der Waals surface area contributed by atoms with Crippen molar-refractivity contribution in [1.29, 1.82) is 0 Å². The number of fused-ring (bicyclic) bond motifs is 1. The molecule has 0 saturated carbocycles. The SMILES string of the molecule is CC[C@H](NC(=O)[C@H](C[Si](C)(C)C)NC(=O)N1CCOCC1)C(=O)c1nc2ccccc2o1. The van der Waals surface area contributed by atoms with Gasteiger partial charge in [0.15, 0.2) is 5.58 Å². The van der Waals surface area contributed by atoms with Crippen LogP contribution in [0.2, 0.25) is 25.7 Å². The maximum absolute atomic E-state index is 13.2. The topological polar surface area (TPSA) is 114 Å². The van der Waals surface area contributed by atoms with Crippen LogP contribution in [0, 0.1) is 0 Å². The molecule has 3 rings (SSSR count). The van der Waals surface area contributed by atoms with Crippen LogP contribution in [0.15, 0.2) is 28.7 Å². The van der Waals surface area contributed by atoms with Crippen LogP contribution in [0.3, 0.4) is 0 Å². The summed E-state index contributed by atoms with van der Waals surface area (Å²) in [5.41, 5.74) is 1.11. The predicted molar refractivity (Wildman–Crippen MR) is 123 cm³/mol. The monoisotopic (exact) mass is 460 g/mol. The number of benzene rings is 1. The predicted octanol–water partition coefficient (Wildman–Crippen LogP) is 2.65. The van der Waals surface area contributed by atoms with E-state index in [0.29, 0.717) is 49.9 Å². The molecule has 0 spiro atoms. The largest absolute Gasteiger partial charge is 0.434 e. The molecule has 0 unspecified atom stereocenters. The second-order valence-electron chi connectivity index (χ2n) is 9.19. The molecule has 1 fully saturated rings. The smallest absolute Gasteiger partial charge is 0.318 e. The number of carbonyl (C=O) groups excluding carboxylic acids is 3. The first-order valence-electron chi connectivity index (χ1n) is 11.0. The number of hydrogen-bond donors (Lipinski definition) is 2. The van der Waals surface area contributed by atoms with Gasteiger partial charge in [0.1, 0.15) is 11.6 Å². The van der Waals surface area contributed by atoms with Gasteiger partial charge in [0.05, 0.1) is 19.3 Å². The fourth-order valence-electron chi connectivity index (χ4n) is 3.58. The lowest BCUT2D eigenvalue weighted by molar-refractivity contribution is -0.123. The van der Waals surface area contributed by atoms with Crippen LogP contribution >= 0.6 is 0 Å². The van der Waals surface area contributed by atoms with E-state index >= 15 is 0 Å². The highest BCUT2D eigenvalue weighted by Crippen LogP contribution is 2.17. The van der Waals surface area contributed by atoms with Crippen molar-refractivity contribution >= 4 is 36.9 Å². The minimum absolute atomic E-state index is 0.0301. The zero-order chi connectivity index (χ0) is 23.3. The van der Waals surface area contributed by atoms with Gasteiger partial charge in [0.2, 0.25) is 11.7 Å². The van der Waals surface area contributed by atoms with Crippen molar-refractivity contribution in [2.24, 2.45) is 0 Å². The summed E-state index contributed by atoms with van der Waals surface area (Å²) < 4.78 is 10.9. The molecule has 2 heterocycles. The molecule has 10 heteroatoms. The molecule has 0 aliphatic carbocycles. The Balaban J connectivity index is 1.71. The molecule has 0 radical (unpaired) electrons. The molecule has 3 amide bonds. The molecular formula is C22H32N4O5Si. The van der Waals surface area contributed by atoms with Crippen LogP contribution in [-0.2, 0) is 9.53 Å². The van der Waals surface area contributed by atoms with Crippen molar-refractivity contribution in [1.82, 2.24) is 20.5 Å². The van der Waals surface area contributed by atoms with Crippen LogP contribution in [0.25, 0.3) is 11.1 Å². The number of ether oxygens (including phenoxy) is 1. The first-order valence-corrected chi connectivity index (χ1v) is 14.7. The number of urea groups is 1. The lowest BCUT2D eigenvalue weighted by Crippen LogP contribution is -2.57. The van der Waals surface area contributed by atoms with E-state index in [1.807, 2.05) is 13.0 Å². The maximum Gasteiger partial charge on any atom is 0.318 e. The highest BCUT2D eigenvalue weighted by molar-refractivity contribution is 6.76. The van der Waals surface area contributed by atoms with Gasteiger partial charge >= 0.3 is 6.03 Å². The van der Waals surface area contributed by atoms with Gasteiger partial charge in [-0.15, -0.1) is 0 Å². The third-order valence-corrected chi connectivity index (χ3v) is 6.91. The zero-order valence-electron chi connectivity index (χ0n) is 19.1. The van der Waals surface area contributed by atoms with Crippen LogP contribution in [-0.4, -0.2) is 74.1 Å². The number of Topliss-reactive ketones (excluding diaryl/α,β-unsaturated/α-hetero) is 1. The molecule has 32 heavy (non-hydrogen) atoms. The lowest BCUT2D eigenvalue weighted by Gasteiger charge is -2.31. The number of amides is 3. The number of ketones is 1. The Labute approximate surface area is 188 Å². The van der Waals surface area contributed by atoms with Gasteiger partial charge in [-0.2, -0.15) is 0 Å². The highest BCUT2D eigenvalue weighted by atomic mass is 28.3. The fraction of sp³-hybridized carbons (Fsp3) is 0.545. The standard InChI is InChI=1S/C22H32N4O5Si/c1-5-15(19(27)21-24-16-8-6-7-9-18(16)31-21)23-20(28)17(14-32(2,3)4)25-22(29)26-10-12-30-13-11-26/h6-9,15,17H,5,10-14H2,1-4H3,(H,23,28)(H,25,29)/t15-,17-/m0/s1. The molecule has 9 nitrogen and oxygen atoms in total. The Morgan fingerprint density at radius 2 is 1.78 bits per heavy atom. The minimum atomic E-state index is -1.71. The van der Waals surface area contributed by atoms with Crippen molar-refractivity contribution in [2.45, 2.75) is 51.1 Å². The maximum atomic E-state index is 13.2. The normalized spacial score (nSPS) is 16.4. The van der Waals surface area contributed by atoms with Gasteiger partial charge in [0, 0.05) is 21.2 Å². The Morgan fingerprint density at radius 1 is 1.09 bits per heavy atom. The van der Waals surface area contributed by atoms with E-state index in [4.69, 9.17) is 9.15 Å². The number of carbonyl (C=O) groups is 3. The summed E-state index contributed by atoms with van der Waals surface area (Å²) >= 11 is 0. The average molecular weight is 461 g/mol. The molecule has 1 aromatic carbocycles. The van der Waals surface area contributed by atoms with E-state index in [-0.39, 0.29) is 23.6 Å². The van der Waals surface area contributed by atoms with Gasteiger partial charge in [0.25, 0.3) is 5.89 Å². The van der Waals surface area contributed by atoms with E-state index in [9.17, 15) is 14.4 Å². The van der Waals surface area contributed by atoms with Crippen molar-refractivity contribution in [3.8, 4) is 0 Å². The lowest BCUT2D eigenvalue weighted by atomic mass is 10.1. The summed E-state index contributed by atoms with van der Waals surface area (Å²) in [5.74, 6) is -0.786. The van der Waals surface area contributed by atoms with Crippen LogP contribution in [0.1, 0.15) is 24.0 Å². The summed E-state index contributed by atoms with van der Waals surface area (Å²) in [4.78, 5) is 44.8. The van der Waals surface area contributed by atoms with Crippen molar-refractivity contribution in [3.63, 3.8) is 0 Å². The van der Waals surface area contributed by atoms with Gasteiger partial charge in [-0.05, 0) is 24.6 Å². The molecule has 1 saturated heterocycles. The molecule has 2 aromatic rings. The molecule has 1 aliphatic heterocycles. The van der Waals surface area contributed by atoms with Gasteiger partial charge < -0.3 is 24.7 Å². The molecule has 2 N–H and O–H groups in total. The molecule has 1 aromatic heterocycles. The molecule has 1 aliphatic rings. The average Bonchev–Trinajstić information content (AvgIpc) is 3.20. The number of hydrogen-bond acceptors (Lipinski definition) is 6. The van der Waals surface area contributed by atoms with Crippen LogP contribution < -0.4 is 10.6 Å². The van der Waals surface area contributed by atoms with Crippen molar-refractivity contribution in [3.05, 3.63) is 30.2 Å². The summed E-state index contributed by atoms with van der Waals surface area (Å²) in [5, 5.41) is 5.69. The summed E-state index contributed by atoms with van der Waals surface area (Å²) in [6, 6.07) is 5.88. The quantitative estimate of drug-likeness (QED) is 0.462. The third-order valence-electron chi connectivity index (χ3n) is 5.27. The molecule has 0 bridgehead atoms. The number of nitrogens with one attached hydrogen (secondary N) is 2. The van der Waals surface area contributed by atoms with Gasteiger partial charge in [-0.3, -0.25) is 9.59 Å². The number of para-hydroxylation sites is 2. The van der Waals surface area contributed by atoms with Crippen molar-refractivity contribution in [2.75, 3.05) is 26.3 Å². The first-order chi connectivity index (χ1) is 15.2. The highest BCUT2D eigenvalue weighted by Gasteiger charge is 2.32. The van der Waals surface area contributed by atoms with E-state index in [0.717, 1.165) is 0 Å². The van der Waals surface area contributed by atoms with Crippen LogP contribution in [0.5, 0.6) is 0 Å². The molecule has 174 valence electrons. The van der Waals surface area contributed by atoms with Crippen molar-refractivity contribution < 1.29 is 23.5 Å². The minimum Gasteiger partial charge on any atom is -0.434 e. The Kier molecular flexibility index (Phi) is 7.67. The Hall–Kier alpha value is -2.72. The first kappa shape index (κ1) is 23.9. The summed E-state index contributed by atoms with van der Waals surface area (Å²) in [7, 11) is -1.71. The summed E-state index contributed by atoms with van der Waals surface area (Å²) in [6.45, 7) is 10.1. The number of aromatic nitrogens is 1. The van der Waals surface area contributed by atoms with E-state index in [1.54, 1.807) is 23.1 Å². The van der Waals surface area contributed by atoms with E-state index in [2.05, 4.69) is 35.3 Å². The second kappa shape index (κ2) is 10.3. The second-order valence-corrected chi connectivity index (χ2v) is 14.7. The van der Waals surface area contributed by atoms with Crippen LogP contribution in [0.4, 0.5) is 4.79 Å². The third kappa shape index (κ3) is 6.16. The number of nitrogens with zero attached hydrogens (tertiary/aromatic N) is 2. The molecule has 2 atom stereocenters. The molecular weight excluding hydrogens is 428 g/mol. The number of rotatable bonds is 8. The van der Waals surface area contributed by atoms with Gasteiger partial charge in [-0.1, -0.05) is 38.7 Å². The van der Waals surface area contributed by atoms with Gasteiger partial charge in [-0.25, -0.2) is 9.78 Å². The number of oxazole rings is 1. The fourth-order valence-corrected chi connectivity index (χ4v) is 5.09. The Morgan fingerprint density at radius 3 is 2.41 bits per heavy atom. The Bertz CT molecular complexity index is 932. The zero-order valence-corrected chi connectivity index (χ0v) is 20.1. The van der Waals surface area contributed by atoms with E-state index < -0.39 is 20.2 Å². The summed E-state index contributed by atoms with van der Waals surface area (Å²) in [6.07, 6.45) is 0.375.